The highest BCUT2D eigenvalue weighted by Crippen LogP contribution is 2.24. The van der Waals surface area contributed by atoms with Gasteiger partial charge in [0.1, 0.15) is 5.82 Å². The number of nitrogens with zero attached hydrogens (tertiary/aromatic N) is 1. The topological polar surface area (TPSA) is 23.5 Å². The van der Waals surface area contributed by atoms with Crippen LogP contribution in [0.15, 0.2) is 42.5 Å². The van der Waals surface area contributed by atoms with E-state index in [4.69, 9.17) is 5.11 Å². The average Bonchev–Trinajstić information content (AvgIpc) is 2.88. The molecule has 3 rings (SSSR count). The first kappa shape index (κ1) is 13.3. The minimum Gasteiger partial charge on any atom is -0.392 e. The Morgan fingerprint density at radius 2 is 1.65 bits per heavy atom. The normalized spacial score (nSPS) is 14.5. The van der Waals surface area contributed by atoms with Crippen molar-refractivity contribution < 1.29 is 9.50 Å². The zero-order valence-corrected chi connectivity index (χ0v) is 11.3. The molecule has 0 atom stereocenters. The lowest BCUT2D eigenvalue weighted by Gasteiger charge is -2.14. The van der Waals surface area contributed by atoms with E-state index in [0.29, 0.717) is 0 Å². The standard InChI is InChI=1S/C17H18FNO/c18-17-5-2-13(3-6-17)7-8-19-10-15-4-1-14(12-20)9-16(15)11-19/h1-6,9,20H,7-8,10-12H2. The summed E-state index contributed by atoms with van der Waals surface area (Å²) in [6.07, 6.45) is 0.932. The van der Waals surface area contributed by atoms with Crippen molar-refractivity contribution in [2.24, 2.45) is 0 Å². The van der Waals surface area contributed by atoms with Crippen molar-refractivity contribution in [1.29, 1.82) is 0 Å². The number of aliphatic hydroxyl groups is 1. The van der Waals surface area contributed by atoms with Gasteiger partial charge in [-0.15, -0.1) is 0 Å². The highest BCUT2D eigenvalue weighted by Gasteiger charge is 2.18. The molecular weight excluding hydrogens is 253 g/mol. The quantitative estimate of drug-likeness (QED) is 0.924. The van der Waals surface area contributed by atoms with Crippen molar-refractivity contribution in [3.63, 3.8) is 0 Å². The zero-order chi connectivity index (χ0) is 13.9. The van der Waals surface area contributed by atoms with E-state index in [1.807, 2.05) is 18.2 Å². The van der Waals surface area contributed by atoms with E-state index in [1.54, 1.807) is 0 Å². The molecule has 1 N–H and O–H groups in total. The Bertz CT molecular complexity index is 594. The highest BCUT2D eigenvalue weighted by atomic mass is 19.1. The van der Waals surface area contributed by atoms with Gasteiger partial charge in [0.2, 0.25) is 0 Å². The Balaban J connectivity index is 1.60. The Labute approximate surface area is 118 Å². The monoisotopic (exact) mass is 271 g/mol. The minimum absolute atomic E-state index is 0.100. The first-order chi connectivity index (χ1) is 9.74. The van der Waals surface area contributed by atoms with Crippen molar-refractivity contribution >= 4 is 0 Å². The molecule has 0 spiro atoms. The molecule has 0 fully saturated rings. The summed E-state index contributed by atoms with van der Waals surface area (Å²) in [5, 5.41) is 9.16. The molecule has 0 aliphatic carbocycles. The summed E-state index contributed by atoms with van der Waals surface area (Å²) >= 11 is 0. The van der Waals surface area contributed by atoms with Crippen molar-refractivity contribution in [2.75, 3.05) is 6.54 Å². The third-order valence-corrected chi connectivity index (χ3v) is 3.87. The predicted molar refractivity (Wildman–Crippen MR) is 76.6 cm³/mol. The van der Waals surface area contributed by atoms with Crippen LogP contribution in [-0.2, 0) is 26.1 Å². The lowest BCUT2D eigenvalue weighted by atomic mass is 10.1. The third-order valence-electron chi connectivity index (χ3n) is 3.87. The molecule has 0 saturated carbocycles. The van der Waals surface area contributed by atoms with Gasteiger partial charge in [-0.2, -0.15) is 0 Å². The lowest BCUT2D eigenvalue weighted by molar-refractivity contribution is 0.281. The molecule has 20 heavy (non-hydrogen) atoms. The summed E-state index contributed by atoms with van der Waals surface area (Å²) in [4.78, 5) is 2.38. The van der Waals surface area contributed by atoms with E-state index in [9.17, 15) is 4.39 Å². The number of hydrogen-bond acceptors (Lipinski definition) is 2. The third kappa shape index (κ3) is 2.89. The second-order valence-electron chi connectivity index (χ2n) is 5.35. The van der Waals surface area contributed by atoms with Crippen LogP contribution in [-0.4, -0.2) is 16.6 Å². The number of aliphatic hydroxyl groups excluding tert-OH is 1. The van der Waals surface area contributed by atoms with E-state index < -0.39 is 0 Å². The van der Waals surface area contributed by atoms with Crippen LogP contribution in [0.3, 0.4) is 0 Å². The molecule has 0 aromatic heterocycles. The van der Waals surface area contributed by atoms with Crippen molar-refractivity contribution in [3.05, 3.63) is 70.5 Å². The van der Waals surface area contributed by atoms with Gasteiger partial charge in [0.05, 0.1) is 6.61 Å². The summed E-state index contributed by atoms with van der Waals surface area (Å²) in [6, 6.07) is 12.9. The van der Waals surface area contributed by atoms with E-state index in [1.165, 1.54) is 28.8 Å². The molecule has 0 radical (unpaired) electrons. The highest BCUT2D eigenvalue weighted by molar-refractivity contribution is 5.34. The van der Waals surface area contributed by atoms with Crippen LogP contribution < -0.4 is 0 Å². The molecular formula is C17H18FNO. The summed E-state index contributed by atoms with van der Waals surface area (Å²) in [5.41, 5.74) is 4.81. The average molecular weight is 271 g/mol. The van der Waals surface area contributed by atoms with Crippen LogP contribution in [0.1, 0.15) is 22.3 Å². The van der Waals surface area contributed by atoms with Gasteiger partial charge in [0.25, 0.3) is 0 Å². The van der Waals surface area contributed by atoms with Crippen LogP contribution in [0, 0.1) is 5.82 Å². The van der Waals surface area contributed by atoms with E-state index in [2.05, 4.69) is 17.0 Å². The SMILES string of the molecule is OCc1ccc2c(c1)CN(CCc1ccc(F)cc1)C2. The number of fused-ring (bicyclic) bond motifs is 1. The molecule has 0 saturated heterocycles. The molecule has 1 heterocycles. The van der Waals surface area contributed by atoms with E-state index in [-0.39, 0.29) is 12.4 Å². The number of rotatable bonds is 4. The van der Waals surface area contributed by atoms with Gasteiger partial charge < -0.3 is 5.11 Å². The van der Waals surface area contributed by atoms with Crippen molar-refractivity contribution in [2.45, 2.75) is 26.1 Å². The van der Waals surface area contributed by atoms with Gasteiger partial charge in [-0.25, -0.2) is 4.39 Å². The molecule has 1 aliphatic heterocycles. The van der Waals surface area contributed by atoms with Crippen LogP contribution in [0.5, 0.6) is 0 Å². The van der Waals surface area contributed by atoms with Gasteiger partial charge >= 0.3 is 0 Å². The molecule has 104 valence electrons. The lowest BCUT2D eigenvalue weighted by Crippen LogP contribution is -2.19. The fraction of sp³-hybridized carbons (Fsp3) is 0.294. The fourth-order valence-electron chi connectivity index (χ4n) is 2.71. The van der Waals surface area contributed by atoms with Crippen LogP contribution in [0.4, 0.5) is 4.39 Å². The molecule has 2 aromatic rings. The maximum Gasteiger partial charge on any atom is 0.123 e. The number of halogens is 1. The van der Waals surface area contributed by atoms with E-state index >= 15 is 0 Å². The fourth-order valence-corrected chi connectivity index (χ4v) is 2.71. The summed E-state index contributed by atoms with van der Waals surface area (Å²) < 4.78 is 12.8. The molecule has 2 nitrogen and oxygen atoms in total. The summed E-state index contributed by atoms with van der Waals surface area (Å²) in [5.74, 6) is -0.182. The van der Waals surface area contributed by atoms with Gasteiger partial charge in [0, 0.05) is 19.6 Å². The molecule has 0 amide bonds. The first-order valence-corrected chi connectivity index (χ1v) is 6.93. The number of benzene rings is 2. The molecule has 1 aliphatic rings. The Hall–Kier alpha value is -1.71. The van der Waals surface area contributed by atoms with Crippen LogP contribution in [0.25, 0.3) is 0 Å². The maximum atomic E-state index is 12.8. The number of hydrogen-bond donors (Lipinski definition) is 1. The van der Waals surface area contributed by atoms with Crippen molar-refractivity contribution in [1.82, 2.24) is 4.90 Å². The summed E-state index contributed by atoms with van der Waals surface area (Å²) in [6.45, 7) is 2.96. The first-order valence-electron chi connectivity index (χ1n) is 6.93. The molecule has 0 bridgehead atoms. The van der Waals surface area contributed by atoms with Gasteiger partial charge in [-0.3, -0.25) is 4.90 Å². The van der Waals surface area contributed by atoms with Crippen LogP contribution in [0.2, 0.25) is 0 Å². The second kappa shape index (κ2) is 5.73. The van der Waals surface area contributed by atoms with E-state index in [0.717, 1.165) is 31.6 Å². The predicted octanol–water partition coefficient (Wildman–Crippen LogP) is 2.88. The smallest absolute Gasteiger partial charge is 0.123 e. The molecule has 3 heteroatoms. The second-order valence-corrected chi connectivity index (χ2v) is 5.35. The van der Waals surface area contributed by atoms with Crippen LogP contribution >= 0.6 is 0 Å². The van der Waals surface area contributed by atoms with Gasteiger partial charge in [-0.1, -0.05) is 30.3 Å². The maximum absolute atomic E-state index is 12.8. The Morgan fingerprint density at radius 1 is 0.950 bits per heavy atom. The van der Waals surface area contributed by atoms with Gasteiger partial charge in [-0.05, 0) is 40.8 Å². The molecule has 0 unspecified atom stereocenters. The summed E-state index contributed by atoms with van der Waals surface area (Å²) in [7, 11) is 0. The minimum atomic E-state index is -0.182. The van der Waals surface area contributed by atoms with Crippen molar-refractivity contribution in [3.8, 4) is 0 Å². The zero-order valence-electron chi connectivity index (χ0n) is 11.3. The Morgan fingerprint density at radius 3 is 2.40 bits per heavy atom. The Kier molecular flexibility index (Phi) is 3.81. The molecule has 2 aromatic carbocycles. The van der Waals surface area contributed by atoms with Gasteiger partial charge in [0.15, 0.2) is 0 Å². The largest absolute Gasteiger partial charge is 0.392 e.